The summed E-state index contributed by atoms with van der Waals surface area (Å²) in [6.07, 6.45) is 9.33. The fraction of sp³-hybridized carbons (Fsp3) is 0.0769. The summed E-state index contributed by atoms with van der Waals surface area (Å²) in [5.41, 5.74) is 1.45. The number of anilines is 1. The van der Waals surface area contributed by atoms with Gasteiger partial charge >= 0.3 is 0 Å². The molecule has 21 heavy (non-hydrogen) atoms. The van der Waals surface area contributed by atoms with Gasteiger partial charge in [0.1, 0.15) is 5.69 Å². The Morgan fingerprint density at radius 2 is 1.90 bits per heavy atom. The van der Waals surface area contributed by atoms with E-state index in [2.05, 4.69) is 30.4 Å². The van der Waals surface area contributed by atoms with Gasteiger partial charge in [0.15, 0.2) is 0 Å². The third-order valence-electron chi connectivity index (χ3n) is 2.62. The molecule has 0 atom stereocenters. The first kappa shape index (κ1) is 12.9. The van der Waals surface area contributed by atoms with Gasteiger partial charge < -0.3 is 5.32 Å². The predicted octanol–water partition coefficient (Wildman–Crippen LogP) is 1.01. The number of aromatic nitrogens is 6. The van der Waals surface area contributed by atoms with Crippen molar-refractivity contribution in [2.75, 3.05) is 5.32 Å². The van der Waals surface area contributed by atoms with E-state index < -0.39 is 0 Å². The summed E-state index contributed by atoms with van der Waals surface area (Å²) in [5, 5.41) is 6.67. The molecule has 1 amide bonds. The van der Waals surface area contributed by atoms with E-state index in [1.54, 1.807) is 25.4 Å². The fourth-order valence-electron chi connectivity index (χ4n) is 1.60. The Kier molecular flexibility index (Phi) is 3.34. The van der Waals surface area contributed by atoms with Gasteiger partial charge in [0.05, 0.1) is 30.0 Å². The topological polar surface area (TPSA) is 98.5 Å². The summed E-state index contributed by atoms with van der Waals surface area (Å²) in [4.78, 5) is 28.2. The molecule has 0 aliphatic carbocycles. The number of nitrogens with one attached hydrogen (secondary N) is 1. The highest BCUT2D eigenvalue weighted by atomic mass is 16.1. The van der Waals surface area contributed by atoms with Gasteiger partial charge in [-0.3, -0.25) is 9.78 Å². The molecular formula is C13H11N7O. The van der Waals surface area contributed by atoms with Crippen LogP contribution in [0.5, 0.6) is 0 Å². The van der Waals surface area contributed by atoms with Crippen molar-refractivity contribution in [2.45, 2.75) is 6.92 Å². The number of amides is 1. The molecule has 0 bridgehead atoms. The number of aryl methyl sites for hydroxylation is 1. The monoisotopic (exact) mass is 281 g/mol. The molecule has 3 aromatic rings. The van der Waals surface area contributed by atoms with E-state index in [0.29, 0.717) is 11.6 Å². The van der Waals surface area contributed by atoms with E-state index in [1.165, 1.54) is 29.5 Å². The first-order chi connectivity index (χ1) is 10.2. The first-order valence-electron chi connectivity index (χ1n) is 6.14. The summed E-state index contributed by atoms with van der Waals surface area (Å²) in [6, 6.07) is 1.77. The highest BCUT2D eigenvalue weighted by Gasteiger charge is 2.09. The van der Waals surface area contributed by atoms with E-state index in [9.17, 15) is 4.79 Å². The maximum atomic E-state index is 12.0. The number of carbonyl (C=O) groups is 1. The van der Waals surface area contributed by atoms with E-state index in [4.69, 9.17) is 0 Å². The minimum atomic E-state index is -0.363. The molecule has 0 fully saturated rings. The van der Waals surface area contributed by atoms with Crippen molar-refractivity contribution < 1.29 is 4.79 Å². The van der Waals surface area contributed by atoms with Gasteiger partial charge in [-0.25, -0.2) is 19.6 Å². The van der Waals surface area contributed by atoms with Gasteiger partial charge in [-0.05, 0) is 13.0 Å². The lowest BCUT2D eigenvalue weighted by molar-refractivity contribution is 0.102. The van der Waals surface area contributed by atoms with E-state index >= 15 is 0 Å². The van der Waals surface area contributed by atoms with Gasteiger partial charge in [-0.15, -0.1) is 0 Å². The lowest BCUT2D eigenvalue weighted by Crippen LogP contribution is -2.15. The Labute approximate surface area is 119 Å². The van der Waals surface area contributed by atoms with Crippen LogP contribution < -0.4 is 5.32 Å². The smallest absolute Gasteiger partial charge is 0.275 e. The highest BCUT2D eigenvalue weighted by Crippen LogP contribution is 2.07. The van der Waals surface area contributed by atoms with E-state index in [0.717, 1.165) is 5.69 Å². The van der Waals surface area contributed by atoms with Gasteiger partial charge in [0.25, 0.3) is 11.9 Å². The average molecular weight is 281 g/mol. The molecule has 0 saturated heterocycles. The van der Waals surface area contributed by atoms with Crippen LogP contribution in [0.15, 0.2) is 43.2 Å². The Bertz CT molecular complexity index is 735. The average Bonchev–Trinajstić information content (AvgIpc) is 3.03. The van der Waals surface area contributed by atoms with Crippen LogP contribution in [-0.2, 0) is 0 Å². The number of carbonyl (C=O) groups excluding carboxylic acids is 1. The van der Waals surface area contributed by atoms with Crippen LogP contribution in [0.4, 0.5) is 5.69 Å². The largest absolute Gasteiger partial charge is 0.318 e. The molecule has 0 aliphatic rings. The molecule has 0 unspecified atom stereocenters. The van der Waals surface area contributed by atoms with Crippen molar-refractivity contribution in [3.63, 3.8) is 0 Å². The number of nitrogens with zero attached hydrogens (tertiary/aromatic N) is 6. The van der Waals surface area contributed by atoms with Crippen LogP contribution in [-0.4, -0.2) is 35.6 Å². The Hall–Kier alpha value is -3.16. The van der Waals surface area contributed by atoms with Gasteiger partial charge in [-0.1, -0.05) is 0 Å². The second-order valence-electron chi connectivity index (χ2n) is 4.22. The van der Waals surface area contributed by atoms with Crippen molar-refractivity contribution in [3.05, 3.63) is 54.6 Å². The standard InChI is InChI=1S/C13H11N7O/c1-9-5-15-11(8-14-9)12(21)19-10-6-16-13(17-7-10)20-4-2-3-18-20/h2-8H,1H3,(H,19,21). The molecule has 3 rings (SSSR count). The zero-order chi connectivity index (χ0) is 14.7. The molecule has 0 radical (unpaired) electrons. The molecule has 0 spiro atoms. The fourth-order valence-corrected chi connectivity index (χ4v) is 1.60. The van der Waals surface area contributed by atoms with Crippen LogP contribution in [0, 0.1) is 6.92 Å². The molecule has 0 aliphatic heterocycles. The first-order valence-corrected chi connectivity index (χ1v) is 6.14. The van der Waals surface area contributed by atoms with Gasteiger partial charge in [0, 0.05) is 18.6 Å². The van der Waals surface area contributed by atoms with Crippen molar-refractivity contribution in [1.29, 1.82) is 0 Å². The maximum absolute atomic E-state index is 12.0. The molecule has 0 saturated carbocycles. The lowest BCUT2D eigenvalue weighted by atomic mass is 10.4. The minimum Gasteiger partial charge on any atom is -0.318 e. The summed E-state index contributed by atoms with van der Waals surface area (Å²) < 4.78 is 1.52. The second-order valence-corrected chi connectivity index (χ2v) is 4.22. The minimum absolute atomic E-state index is 0.233. The lowest BCUT2D eigenvalue weighted by Gasteiger charge is -2.04. The summed E-state index contributed by atoms with van der Waals surface area (Å²) in [7, 11) is 0. The van der Waals surface area contributed by atoms with E-state index in [1.807, 2.05) is 0 Å². The van der Waals surface area contributed by atoms with Crippen molar-refractivity contribution >= 4 is 11.6 Å². The molecule has 1 N–H and O–H groups in total. The predicted molar refractivity (Wildman–Crippen MR) is 73.9 cm³/mol. The zero-order valence-corrected chi connectivity index (χ0v) is 11.1. The molecule has 104 valence electrons. The Morgan fingerprint density at radius 1 is 1.10 bits per heavy atom. The van der Waals surface area contributed by atoms with Gasteiger partial charge in [-0.2, -0.15) is 5.10 Å². The van der Waals surface area contributed by atoms with Gasteiger partial charge in [0.2, 0.25) is 0 Å². The van der Waals surface area contributed by atoms with Crippen LogP contribution in [0.3, 0.4) is 0 Å². The summed E-state index contributed by atoms with van der Waals surface area (Å²) in [5.74, 6) is 0.0612. The zero-order valence-electron chi connectivity index (χ0n) is 11.1. The summed E-state index contributed by atoms with van der Waals surface area (Å²) in [6.45, 7) is 1.80. The van der Waals surface area contributed by atoms with Crippen LogP contribution in [0.2, 0.25) is 0 Å². The normalized spacial score (nSPS) is 10.3. The molecule has 3 aromatic heterocycles. The van der Waals surface area contributed by atoms with Crippen LogP contribution in [0.1, 0.15) is 16.2 Å². The number of hydrogen-bond donors (Lipinski definition) is 1. The summed E-state index contributed by atoms with van der Waals surface area (Å²) >= 11 is 0. The molecular weight excluding hydrogens is 270 g/mol. The molecule has 8 nitrogen and oxygen atoms in total. The number of rotatable bonds is 3. The van der Waals surface area contributed by atoms with Crippen molar-refractivity contribution in [2.24, 2.45) is 0 Å². The third-order valence-corrected chi connectivity index (χ3v) is 2.62. The van der Waals surface area contributed by atoms with Crippen molar-refractivity contribution in [1.82, 2.24) is 29.7 Å². The highest BCUT2D eigenvalue weighted by molar-refractivity contribution is 6.02. The molecule has 8 heteroatoms. The number of hydrogen-bond acceptors (Lipinski definition) is 6. The SMILES string of the molecule is Cc1cnc(C(=O)Nc2cnc(-n3cccn3)nc2)cn1. The third kappa shape index (κ3) is 2.89. The Morgan fingerprint density at radius 3 is 2.52 bits per heavy atom. The quantitative estimate of drug-likeness (QED) is 0.769. The van der Waals surface area contributed by atoms with Crippen molar-refractivity contribution in [3.8, 4) is 5.95 Å². The van der Waals surface area contributed by atoms with Crippen LogP contribution in [0.25, 0.3) is 5.95 Å². The van der Waals surface area contributed by atoms with Crippen LogP contribution >= 0.6 is 0 Å². The molecule has 3 heterocycles. The van der Waals surface area contributed by atoms with E-state index in [-0.39, 0.29) is 11.6 Å². The maximum Gasteiger partial charge on any atom is 0.275 e. The Balaban J connectivity index is 1.73. The molecule has 0 aromatic carbocycles. The second kappa shape index (κ2) is 5.45.